The summed E-state index contributed by atoms with van der Waals surface area (Å²) in [6.45, 7) is 4.99. The average Bonchev–Trinajstić information content (AvgIpc) is 2.64. The van der Waals surface area contributed by atoms with Gasteiger partial charge in [0.05, 0.1) is 17.6 Å². The van der Waals surface area contributed by atoms with Crippen molar-refractivity contribution in [1.29, 1.82) is 0 Å². The van der Waals surface area contributed by atoms with Crippen molar-refractivity contribution in [2.24, 2.45) is 11.8 Å². The largest absolute Gasteiger partial charge is 0.385 e. The van der Waals surface area contributed by atoms with Gasteiger partial charge in [-0.05, 0) is 50.5 Å². The number of nitrogens with one attached hydrogen (secondary N) is 1. The zero-order chi connectivity index (χ0) is 17.9. The molecule has 0 aromatic carbocycles. The van der Waals surface area contributed by atoms with E-state index >= 15 is 0 Å². The van der Waals surface area contributed by atoms with Gasteiger partial charge in [-0.15, -0.1) is 0 Å². The summed E-state index contributed by atoms with van der Waals surface area (Å²) >= 11 is 0. The summed E-state index contributed by atoms with van der Waals surface area (Å²) in [6, 6.07) is 3.92. The van der Waals surface area contributed by atoms with Crippen LogP contribution in [0.1, 0.15) is 57.9 Å². The van der Waals surface area contributed by atoms with Gasteiger partial charge in [0, 0.05) is 30.6 Å². The second-order valence-corrected chi connectivity index (χ2v) is 7.88. The van der Waals surface area contributed by atoms with E-state index in [0.717, 1.165) is 37.9 Å². The molecule has 1 aliphatic heterocycles. The Morgan fingerprint density at radius 1 is 1.36 bits per heavy atom. The molecular weight excluding hydrogens is 316 g/mol. The van der Waals surface area contributed by atoms with Crippen LogP contribution in [0, 0.1) is 11.8 Å². The van der Waals surface area contributed by atoms with Crippen LogP contribution >= 0.6 is 0 Å². The number of ether oxygens (including phenoxy) is 1. The zero-order valence-electron chi connectivity index (χ0n) is 15.3. The number of rotatable bonds is 4. The Balaban J connectivity index is 1.56. The molecule has 0 radical (unpaired) electrons. The standard InChI is InChI=1S/C20H30N2O3/c1-14(2)18-17(6-4-12-25-18)19(23)22-16-7-9-20(24,10-8-16)15-5-3-11-21-13-15/h3,5,11,13-14,16-18,24H,4,6-10,12H2,1-2H3,(H,22,23)/t16?,17-,18-,20?/m1/s1. The predicted octanol–water partition coefficient (Wildman–Crippen LogP) is 2.78. The minimum Gasteiger partial charge on any atom is -0.385 e. The predicted molar refractivity (Wildman–Crippen MR) is 95.8 cm³/mol. The Labute approximate surface area is 150 Å². The molecule has 2 atom stereocenters. The highest BCUT2D eigenvalue weighted by molar-refractivity contribution is 5.79. The highest BCUT2D eigenvalue weighted by Crippen LogP contribution is 2.37. The lowest BCUT2D eigenvalue weighted by Crippen LogP contribution is -2.49. The van der Waals surface area contributed by atoms with Crippen LogP contribution in [0.2, 0.25) is 0 Å². The Kier molecular flexibility index (Phi) is 5.74. The molecule has 1 aliphatic carbocycles. The first-order valence-electron chi connectivity index (χ1n) is 9.54. The van der Waals surface area contributed by atoms with Crippen molar-refractivity contribution in [2.45, 2.75) is 70.1 Å². The fraction of sp³-hybridized carbons (Fsp3) is 0.700. The van der Waals surface area contributed by atoms with Crippen LogP contribution in [0.4, 0.5) is 0 Å². The Hall–Kier alpha value is -1.46. The molecule has 5 heteroatoms. The summed E-state index contributed by atoms with van der Waals surface area (Å²) in [5.74, 6) is 0.418. The summed E-state index contributed by atoms with van der Waals surface area (Å²) in [7, 11) is 0. The molecule has 0 unspecified atom stereocenters. The van der Waals surface area contributed by atoms with Crippen LogP contribution in [0.15, 0.2) is 24.5 Å². The summed E-state index contributed by atoms with van der Waals surface area (Å²) < 4.78 is 5.85. The third kappa shape index (κ3) is 4.21. The number of pyridine rings is 1. The number of amides is 1. The molecule has 1 saturated heterocycles. The molecule has 0 spiro atoms. The van der Waals surface area contributed by atoms with Gasteiger partial charge in [0.25, 0.3) is 0 Å². The van der Waals surface area contributed by atoms with Gasteiger partial charge in [0.1, 0.15) is 0 Å². The van der Waals surface area contributed by atoms with E-state index in [4.69, 9.17) is 4.74 Å². The quantitative estimate of drug-likeness (QED) is 0.879. The van der Waals surface area contributed by atoms with Gasteiger partial charge in [-0.25, -0.2) is 0 Å². The van der Waals surface area contributed by atoms with E-state index in [1.165, 1.54) is 0 Å². The van der Waals surface area contributed by atoms with E-state index in [9.17, 15) is 9.90 Å². The minimum atomic E-state index is -0.816. The van der Waals surface area contributed by atoms with Crippen molar-refractivity contribution in [3.63, 3.8) is 0 Å². The number of carbonyl (C=O) groups excluding carboxylic acids is 1. The lowest BCUT2D eigenvalue weighted by Gasteiger charge is -2.38. The van der Waals surface area contributed by atoms with Crippen molar-refractivity contribution in [1.82, 2.24) is 10.3 Å². The highest BCUT2D eigenvalue weighted by Gasteiger charge is 2.38. The van der Waals surface area contributed by atoms with Gasteiger partial charge in [-0.1, -0.05) is 19.9 Å². The minimum absolute atomic E-state index is 0.0182. The topological polar surface area (TPSA) is 71.5 Å². The van der Waals surface area contributed by atoms with Crippen LogP contribution in [-0.4, -0.2) is 34.8 Å². The molecule has 1 aromatic rings. The van der Waals surface area contributed by atoms with Crippen LogP contribution in [0.3, 0.4) is 0 Å². The van der Waals surface area contributed by atoms with E-state index in [-0.39, 0.29) is 24.0 Å². The summed E-state index contributed by atoms with van der Waals surface area (Å²) in [6.07, 6.45) is 8.21. The van der Waals surface area contributed by atoms with Crippen molar-refractivity contribution in [3.05, 3.63) is 30.1 Å². The molecule has 2 N–H and O–H groups in total. The maximum atomic E-state index is 12.7. The Bertz CT molecular complexity index is 568. The third-order valence-corrected chi connectivity index (χ3v) is 5.72. The molecular formula is C20H30N2O3. The molecule has 1 aromatic heterocycles. The SMILES string of the molecule is CC(C)[C@H]1OCCC[C@H]1C(=O)NC1CCC(O)(c2cccnc2)CC1. The molecule has 1 saturated carbocycles. The van der Waals surface area contributed by atoms with E-state index in [1.807, 2.05) is 12.1 Å². The molecule has 138 valence electrons. The second kappa shape index (κ2) is 7.83. The van der Waals surface area contributed by atoms with Crippen LogP contribution in [0.5, 0.6) is 0 Å². The lowest BCUT2D eigenvalue weighted by atomic mass is 9.78. The second-order valence-electron chi connectivity index (χ2n) is 7.88. The van der Waals surface area contributed by atoms with Crippen molar-refractivity contribution in [2.75, 3.05) is 6.61 Å². The van der Waals surface area contributed by atoms with Crippen LogP contribution < -0.4 is 5.32 Å². The van der Waals surface area contributed by atoms with Gasteiger partial charge < -0.3 is 15.2 Å². The summed E-state index contributed by atoms with van der Waals surface area (Å²) in [4.78, 5) is 16.9. The van der Waals surface area contributed by atoms with Gasteiger partial charge in [-0.2, -0.15) is 0 Å². The van der Waals surface area contributed by atoms with Gasteiger partial charge in [0.15, 0.2) is 0 Å². The molecule has 0 bridgehead atoms. The van der Waals surface area contributed by atoms with E-state index < -0.39 is 5.60 Å². The maximum absolute atomic E-state index is 12.7. The Morgan fingerprint density at radius 3 is 2.76 bits per heavy atom. The number of hydrogen-bond donors (Lipinski definition) is 2. The van der Waals surface area contributed by atoms with E-state index in [0.29, 0.717) is 18.8 Å². The first-order chi connectivity index (χ1) is 12.0. The number of carbonyl (C=O) groups is 1. The van der Waals surface area contributed by atoms with Gasteiger partial charge >= 0.3 is 0 Å². The van der Waals surface area contributed by atoms with E-state index in [1.54, 1.807) is 12.4 Å². The van der Waals surface area contributed by atoms with Crippen LogP contribution in [-0.2, 0) is 15.1 Å². The van der Waals surface area contributed by atoms with Gasteiger partial charge in [-0.3, -0.25) is 9.78 Å². The lowest BCUT2D eigenvalue weighted by molar-refractivity contribution is -0.138. The molecule has 3 rings (SSSR count). The number of nitrogens with zero attached hydrogens (tertiary/aromatic N) is 1. The molecule has 25 heavy (non-hydrogen) atoms. The zero-order valence-corrected chi connectivity index (χ0v) is 15.3. The van der Waals surface area contributed by atoms with Crippen molar-refractivity contribution in [3.8, 4) is 0 Å². The number of hydrogen-bond acceptors (Lipinski definition) is 4. The molecule has 2 aliphatic rings. The summed E-state index contributed by atoms with van der Waals surface area (Å²) in [5.41, 5.74) is 0.0597. The average molecular weight is 346 g/mol. The fourth-order valence-corrected chi connectivity index (χ4v) is 4.22. The first kappa shape index (κ1) is 18.3. The first-order valence-corrected chi connectivity index (χ1v) is 9.54. The highest BCUT2D eigenvalue weighted by atomic mass is 16.5. The van der Waals surface area contributed by atoms with Gasteiger partial charge in [0.2, 0.25) is 5.91 Å². The smallest absolute Gasteiger partial charge is 0.225 e. The summed E-state index contributed by atoms with van der Waals surface area (Å²) in [5, 5.41) is 14.1. The normalized spacial score (nSPS) is 33.2. The molecule has 1 amide bonds. The number of aromatic nitrogens is 1. The number of aliphatic hydroxyl groups is 1. The fourth-order valence-electron chi connectivity index (χ4n) is 4.22. The maximum Gasteiger partial charge on any atom is 0.225 e. The van der Waals surface area contributed by atoms with E-state index in [2.05, 4.69) is 24.1 Å². The molecule has 2 heterocycles. The van der Waals surface area contributed by atoms with Crippen LogP contribution in [0.25, 0.3) is 0 Å². The molecule has 2 fully saturated rings. The van der Waals surface area contributed by atoms with Crippen molar-refractivity contribution >= 4 is 5.91 Å². The Morgan fingerprint density at radius 2 is 2.12 bits per heavy atom. The molecule has 5 nitrogen and oxygen atoms in total. The monoisotopic (exact) mass is 346 g/mol. The third-order valence-electron chi connectivity index (χ3n) is 5.72. The van der Waals surface area contributed by atoms with Crippen molar-refractivity contribution < 1.29 is 14.6 Å².